The molecule has 0 unspecified atom stereocenters. The van der Waals surface area contributed by atoms with Crippen LogP contribution in [0.4, 0.5) is 5.69 Å². The van der Waals surface area contributed by atoms with Gasteiger partial charge < -0.3 is 10.1 Å². The molecule has 0 radical (unpaired) electrons. The summed E-state index contributed by atoms with van der Waals surface area (Å²) >= 11 is 5.99. The molecule has 2 nitrogen and oxygen atoms in total. The van der Waals surface area contributed by atoms with Crippen LogP contribution in [-0.4, -0.2) is 13.7 Å². The molecule has 0 saturated heterocycles. The van der Waals surface area contributed by atoms with Crippen LogP contribution in [0.5, 0.6) is 5.75 Å². The number of anilines is 1. The second kappa shape index (κ2) is 5.55. The smallest absolute Gasteiger partial charge is 0.121 e. The van der Waals surface area contributed by atoms with Gasteiger partial charge in [0.1, 0.15) is 5.75 Å². The molecule has 0 amide bonds. The van der Waals surface area contributed by atoms with E-state index in [-0.39, 0.29) is 0 Å². The quantitative estimate of drug-likeness (QED) is 0.772. The van der Waals surface area contributed by atoms with E-state index in [1.165, 1.54) is 0 Å². The molecule has 0 fully saturated rings. The van der Waals surface area contributed by atoms with Gasteiger partial charge in [-0.25, -0.2) is 0 Å². The minimum Gasteiger partial charge on any atom is -0.497 e. The number of nitrogens with one attached hydrogen (secondary N) is 1. The zero-order valence-electron chi connectivity index (χ0n) is 8.38. The number of benzene rings is 1. The van der Waals surface area contributed by atoms with E-state index >= 15 is 0 Å². The van der Waals surface area contributed by atoms with Crippen molar-refractivity contribution in [1.82, 2.24) is 0 Å². The number of hydrogen-bond donors (Lipinski definition) is 1. The summed E-state index contributed by atoms with van der Waals surface area (Å²) in [5, 5.41) is 3.89. The molecule has 1 N–H and O–H groups in total. The van der Waals surface area contributed by atoms with Crippen LogP contribution >= 0.6 is 11.6 Å². The zero-order valence-corrected chi connectivity index (χ0v) is 9.14. The van der Waals surface area contributed by atoms with Crippen molar-refractivity contribution >= 4 is 17.3 Å². The summed E-state index contributed by atoms with van der Waals surface area (Å²) in [6.07, 6.45) is 4.01. The normalized spacial score (nSPS) is 10.5. The SMILES string of the molecule is C/C=C/CNc1cc(OC)ccc1Cl. The Morgan fingerprint density at radius 2 is 2.29 bits per heavy atom. The molecule has 76 valence electrons. The molecule has 0 atom stereocenters. The summed E-state index contributed by atoms with van der Waals surface area (Å²) in [4.78, 5) is 0. The number of methoxy groups -OCH3 is 1. The molecule has 1 rings (SSSR count). The van der Waals surface area contributed by atoms with Crippen molar-refractivity contribution in [2.75, 3.05) is 19.0 Å². The third-order valence-electron chi connectivity index (χ3n) is 1.82. The molecule has 0 saturated carbocycles. The molecule has 0 bridgehead atoms. The number of hydrogen-bond acceptors (Lipinski definition) is 2. The van der Waals surface area contributed by atoms with Crippen LogP contribution in [0.15, 0.2) is 30.4 Å². The maximum atomic E-state index is 5.99. The first-order chi connectivity index (χ1) is 6.77. The summed E-state index contributed by atoms with van der Waals surface area (Å²) in [5.74, 6) is 0.803. The van der Waals surface area contributed by atoms with Crippen LogP contribution in [0.3, 0.4) is 0 Å². The average molecular weight is 212 g/mol. The van der Waals surface area contributed by atoms with E-state index in [9.17, 15) is 0 Å². The summed E-state index contributed by atoms with van der Waals surface area (Å²) < 4.78 is 5.10. The third-order valence-corrected chi connectivity index (χ3v) is 2.15. The number of allylic oxidation sites excluding steroid dienone is 1. The first-order valence-corrected chi connectivity index (χ1v) is 4.84. The molecule has 0 aliphatic heterocycles. The lowest BCUT2D eigenvalue weighted by atomic mass is 10.3. The van der Waals surface area contributed by atoms with Crippen LogP contribution < -0.4 is 10.1 Å². The highest BCUT2D eigenvalue weighted by atomic mass is 35.5. The van der Waals surface area contributed by atoms with Gasteiger partial charge in [-0.1, -0.05) is 23.8 Å². The van der Waals surface area contributed by atoms with Crippen LogP contribution in [0.25, 0.3) is 0 Å². The van der Waals surface area contributed by atoms with Crippen molar-refractivity contribution in [3.63, 3.8) is 0 Å². The molecule has 0 aliphatic rings. The van der Waals surface area contributed by atoms with Crippen molar-refractivity contribution in [2.24, 2.45) is 0 Å². The zero-order chi connectivity index (χ0) is 10.4. The van der Waals surface area contributed by atoms with Gasteiger partial charge in [0.15, 0.2) is 0 Å². The Labute approximate surface area is 89.5 Å². The second-order valence-corrected chi connectivity index (χ2v) is 3.20. The molecule has 1 aromatic carbocycles. The van der Waals surface area contributed by atoms with Crippen molar-refractivity contribution < 1.29 is 4.74 Å². The fraction of sp³-hybridized carbons (Fsp3) is 0.273. The minimum absolute atomic E-state index is 0.704. The van der Waals surface area contributed by atoms with E-state index in [2.05, 4.69) is 5.32 Å². The van der Waals surface area contributed by atoms with Crippen LogP contribution in [0.1, 0.15) is 6.92 Å². The van der Waals surface area contributed by atoms with E-state index < -0.39 is 0 Å². The van der Waals surface area contributed by atoms with Crippen molar-refractivity contribution in [2.45, 2.75) is 6.92 Å². The maximum absolute atomic E-state index is 5.99. The van der Waals surface area contributed by atoms with Crippen LogP contribution in [0, 0.1) is 0 Å². The monoisotopic (exact) mass is 211 g/mol. The van der Waals surface area contributed by atoms with Gasteiger partial charge in [-0.15, -0.1) is 0 Å². The Kier molecular flexibility index (Phi) is 4.33. The first kappa shape index (κ1) is 10.9. The van der Waals surface area contributed by atoms with Gasteiger partial charge in [-0.05, 0) is 19.1 Å². The van der Waals surface area contributed by atoms with Crippen molar-refractivity contribution in [3.05, 3.63) is 35.4 Å². The highest BCUT2D eigenvalue weighted by Gasteiger charge is 2.00. The predicted molar refractivity (Wildman–Crippen MR) is 61.3 cm³/mol. The molecule has 1 aromatic rings. The first-order valence-electron chi connectivity index (χ1n) is 4.46. The lowest BCUT2D eigenvalue weighted by Gasteiger charge is -2.07. The van der Waals surface area contributed by atoms with Crippen LogP contribution in [0.2, 0.25) is 5.02 Å². The van der Waals surface area contributed by atoms with Crippen molar-refractivity contribution in [3.8, 4) is 5.75 Å². The molecular formula is C11H14ClNO. The van der Waals surface area contributed by atoms with E-state index in [0.29, 0.717) is 5.02 Å². The largest absolute Gasteiger partial charge is 0.497 e. The van der Waals surface area contributed by atoms with Gasteiger partial charge in [-0.2, -0.15) is 0 Å². The van der Waals surface area contributed by atoms with Gasteiger partial charge >= 0.3 is 0 Å². The number of ether oxygens (including phenoxy) is 1. The Bertz CT molecular complexity index is 323. The lowest BCUT2D eigenvalue weighted by Crippen LogP contribution is -1.98. The molecule has 0 spiro atoms. The molecule has 0 aromatic heterocycles. The van der Waals surface area contributed by atoms with Gasteiger partial charge in [0.25, 0.3) is 0 Å². The Morgan fingerprint density at radius 1 is 1.50 bits per heavy atom. The maximum Gasteiger partial charge on any atom is 0.121 e. The molecule has 14 heavy (non-hydrogen) atoms. The molecule has 0 heterocycles. The minimum atomic E-state index is 0.704. The Morgan fingerprint density at radius 3 is 2.93 bits per heavy atom. The predicted octanol–water partition coefficient (Wildman–Crippen LogP) is 3.34. The average Bonchev–Trinajstić information content (AvgIpc) is 2.21. The van der Waals surface area contributed by atoms with Gasteiger partial charge in [0.05, 0.1) is 17.8 Å². The summed E-state index contributed by atoms with van der Waals surface area (Å²) in [7, 11) is 1.64. The fourth-order valence-corrected chi connectivity index (χ4v) is 1.24. The lowest BCUT2D eigenvalue weighted by molar-refractivity contribution is 0.415. The summed E-state index contributed by atoms with van der Waals surface area (Å²) in [6, 6.07) is 5.54. The molecule has 3 heteroatoms. The Balaban J connectivity index is 2.73. The number of halogens is 1. The number of rotatable bonds is 4. The van der Waals surface area contributed by atoms with E-state index in [1.54, 1.807) is 7.11 Å². The van der Waals surface area contributed by atoms with E-state index in [4.69, 9.17) is 16.3 Å². The highest BCUT2D eigenvalue weighted by molar-refractivity contribution is 6.33. The Hall–Kier alpha value is -1.15. The second-order valence-electron chi connectivity index (χ2n) is 2.80. The van der Waals surface area contributed by atoms with Crippen LogP contribution in [-0.2, 0) is 0 Å². The molecular weight excluding hydrogens is 198 g/mol. The standard InChI is InChI=1S/C11H14ClNO/c1-3-4-7-13-11-8-9(14-2)5-6-10(11)12/h3-6,8,13H,7H2,1-2H3/b4-3+. The van der Waals surface area contributed by atoms with Gasteiger partial charge in [0.2, 0.25) is 0 Å². The van der Waals surface area contributed by atoms with E-state index in [0.717, 1.165) is 18.0 Å². The topological polar surface area (TPSA) is 21.3 Å². The summed E-state index contributed by atoms with van der Waals surface area (Å²) in [6.45, 7) is 2.75. The van der Waals surface area contributed by atoms with Crippen molar-refractivity contribution in [1.29, 1.82) is 0 Å². The van der Waals surface area contributed by atoms with Gasteiger partial charge in [-0.3, -0.25) is 0 Å². The molecule has 0 aliphatic carbocycles. The van der Waals surface area contributed by atoms with Gasteiger partial charge in [0, 0.05) is 12.6 Å². The summed E-state index contributed by atoms with van der Waals surface area (Å²) in [5.41, 5.74) is 0.893. The fourth-order valence-electron chi connectivity index (χ4n) is 1.05. The highest BCUT2D eigenvalue weighted by Crippen LogP contribution is 2.26. The van der Waals surface area contributed by atoms with E-state index in [1.807, 2.05) is 37.3 Å². The third kappa shape index (κ3) is 2.96.